The first-order chi connectivity index (χ1) is 7.66. The molecule has 1 aromatic heterocycles. The van der Waals surface area contributed by atoms with Gasteiger partial charge in [-0.25, -0.2) is 4.68 Å². The Kier molecular flexibility index (Phi) is 2.59. The number of aromatic amines is 1. The zero-order chi connectivity index (χ0) is 11.5. The Morgan fingerprint density at radius 1 is 1.31 bits per heavy atom. The molecule has 82 valence electrons. The van der Waals surface area contributed by atoms with E-state index < -0.39 is 5.97 Å². The summed E-state index contributed by atoms with van der Waals surface area (Å²) >= 11 is 0. The largest absolute Gasteiger partial charge is 0.481 e. The number of hydrogen-bond acceptors (Lipinski definition) is 2. The van der Waals surface area contributed by atoms with Crippen molar-refractivity contribution in [1.82, 2.24) is 9.78 Å². The fourth-order valence-corrected chi connectivity index (χ4v) is 1.47. The summed E-state index contributed by atoms with van der Waals surface area (Å²) in [5.41, 5.74) is 0.813. The van der Waals surface area contributed by atoms with Crippen LogP contribution in [0, 0.1) is 0 Å². The van der Waals surface area contributed by atoms with Gasteiger partial charge in [0.25, 0.3) is 5.56 Å². The van der Waals surface area contributed by atoms with Gasteiger partial charge in [0.2, 0.25) is 0 Å². The van der Waals surface area contributed by atoms with Crippen LogP contribution in [0.25, 0.3) is 5.69 Å². The predicted octanol–water partition coefficient (Wildman–Crippen LogP) is 0.793. The van der Waals surface area contributed by atoms with Crippen LogP contribution in [0.1, 0.15) is 5.69 Å². The maximum atomic E-state index is 11.6. The number of aliphatic carboxylic acids is 1. The first-order valence-corrected chi connectivity index (χ1v) is 4.75. The summed E-state index contributed by atoms with van der Waals surface area (Å²) in [7, 11) is 0. The number of nitrogens with zero attached hydrogens (tertiary/aromatic N) is 1. The van der Waals surface area contributed by atoms with Crippen LogP contribution in [0.3, 0.4) is 0 Å². The zero-order valence-corrected chi connectivity index (χ0v) is 8.38. The summed E-state index contributed by atoms with van der Waals surface area (Å²) in [6, 6.07) is 10.3. The van der Waals surface area contributed by atoms with Gasteiger partial charge >= 0.3 is 5.97 Å². The third-order valence-electron chi connectivity index (χ3n) is 2.13. The average molecular weight is 218 g/mol. The Morgan fingerprint density at radius 2 is 2.00 bits per heavy atom. The molecule has 1 heterocycles. The molecule has 5 heteroatoms. The molecule has 0 amide bonds. The standard InChI is InChI=1S/C11H10N2O3/c14-10-6-8(7-11(15)16)12-13(10)9-4-2-1-3-5-9/h1-6,12H,7H2,(H,15,16). The quantitative estimate of drug-likeness (QED) is 0.799. The van der Waals surface area contributed by atoms with E-state index in [0.29, 0.717) is 11.4 Å². The number of H-pyrrole nitrogens is 1. The van der Waals surface area contributed by atoms with Crippen LogP contribution in [0.4, 0.5) is 0 Å². The number of carbonyl (C=O) groups is 1. The average Bonchev–Trinajstić information content (AvgIpc) is 2.60. The number of carboxylic acids is 1. The van der Waals surface area contributed by atoms with Crippen molar-refractivity contribution in [3.63, 3.8) is 0 Å². The molecule has 2 aromatic rings. The molecule has 0 aliphatic carbocycles. The molecule has 0 fully saturated rings. The van der Waals surface area contributed by atoms with Crippen LogP contribution in [0.2, 0.25) is 0 Å². The molecule has 16 heavy (non-hydrogen) atoms. The molecule has 0 unspecified atom stereocenters. The summed E-state index contributed by atoms with van der Waals surface area (Å²) < 4.78 is 1.32. The number of rotatable bonds is 3. The zero-order valence-electron chi connectivity index (χ0n) is 8.38. The number of hydrogen-bond donors (Lipinski definition) is 2. The molecule has 0 aliphatic heterocycles. The van der Waals surface area contributed by atoms with Gasteiger partial charge < -0.3 is 5.11 Å². The predicted molar refractivity (Wildman–Crippen MR) is 57.7 cm³/mol. The van der Waals surface area contributed by atoms with Gasteiger partial charge in [-0.05, 0) is 12.1 Å². The SMILES string of the molecule is O=C(O)Cc1cc(=O)n(-c2ccccc2)[nH]1. The maximum absolute atomic E-state index is 11.6. The van der Waals surface area contributed by atoms with E-state index in [2.05, 4.69) is 5.10 Å². The minimum Gasteiger partial charge on any atom is -0.481 e. The van der Waals surface area contributed by atoms with Gasteiger partial charge in [0.1, 0.15) is 0 Å². The fourth-order valence-electron chi connectivity index (χ4n) is 1.47. The van der Waals surface area contributed by atoms with Crippen molar-refractivity contribution in [1.29, 1.82) is 0 Å². The summed E-state index contributed by atoms with van der Waals surface area (Å²) in [6.45, 7) is 0. The minimum absolute atomic E-state index is 0.185. The van der Waals surface area contributed by atoms with Crippen molar-refractivity contribution in [3.8, 4) is 5.69 Å². The van der Waals surface area contributed by atoms with Gasteiger partial charge in [0, 0.05) is 11.8 Å². The third kappa shape index (κ3) is 2.03. The van der Waals surface area contributed by atoms with Crippen LogP contribution in [-0.4, -0.2) is 20.9 Å². The number of carboxylic acid groups (broad SMARTS) is 1. The van der Waals surface area contributed by atoms with Crippen molar-refractivity contribution in [2.75, 3.05) is 0 Å². The van der Waals surface area contributed by atoms with Gasteiger partial charge in [0.15, 0.2) is 0 Å². The molecule has 0 radical (unpaired) electrons. The Bertz CT molecular complexity index is 554. The summed E-state index contributed by atoms with van der Waals surface area (Å²) in [5, 5.41) is 11.4. The van der Waals surface area contributed by atoms with E-state index in [9.17, 15) is 9.59 Å². The van der Waals surface area contributed by atoms with E-state index in [1.54, 1.807) is 24.3 Å². The monoisotopic (exact) mass is 218 g/mol. The highest BCUT2D eigenvalue weighted by Gasteiger charge is 2.07. The number of para-hydroxylation sites is 1. The Labute approximate surface area is 90.9 Å². The Hall–Kier alpha value is -2.30. The minimum atomic E-state index is -0.971. The number of benzene rings is 1. The van der Waals surface area contributed by atoms with E-state index in [1.807, 2.05) is 6.07 Å². The lowest BCUT2D eigenvalue weighted by atomic mass is 10.3. The second-order valence-electron chi connectivity index (χ2n) is 3.36. The molecule has 0 bridgehead atoms. The Balaban J connectivity index is 2.40. The van der Waals surface area contributed by atoms with Gasteiger partial charge in [-0.15, -0.1) is 0 Å². The van der Waals surface area contributed by atoms with Gasteiger partial charge in [0.05, 0.1) is 12.1 Å². The molecule has 1 aromatic carbocycles. The van der Waals surface area contributed by atoms with E-state index in [0.717, 1.165) is 0 Å². The molecule has 2 N–H and O–H groups in total. The Morgan fingerprint density at radius 3 is 2.62 bits per heavy atom. The van der Waals surface area contributed by atoms with Crippen molar-refractivity contribution < 1.29 is 9.90 Å². The molecule has 0 atom stereocenters. The second-order valence-corrected chi connectivity index (χ2v) is 3.36. The lowest BCUT2D eigenvalue weighted by Crippen LogP contribution is -2.13. The molecule has 0 spiro atoms. The summed E-state index contributed by atoms with van der Waals surface area (Å²) in [4.78, 5) is 22.1. The van der Waals surface area contributed by atoms with Crippen LogP contribution in [0.5, 0.6) is 0 Å². The molecule has 5 nitrogen and oxygen atoms in total. The highest BCUT2D eigenvalue weighted by atomic mass is 16.4. The smallest absolute Gasteiger partial charge is 0.309 e. The molecular weight excluding hydrogens is 208 g/mol. The maximum Gasteiger partial charge on any atom is 0.309 e. The highest BCUT2D eigenvalue weighted by Crippen LogP contribution is 2.03. The van der Waals surface area contributed by atoms with E-state index in [1.165, 1.54) is 10.7 Å². The topological polar surface area (TPSA) is 75.1 Å². The summed E-state index contributed by atoms with van der Waals surface area (Å²) in [5.74, 6) is -0.971. The normalized spacial score (nSPS) is 10.2. The number of nitrogens with one attached hydrogen (secondary N) is 1. The molecule has 0 aliphatic rings. The molecule has 0 saturated heterocycles. The van der Waals surface area contributed by atoms with Crippen molar-refractivity contribution in [3.05, 3.63) is 52.4 Å². The molecular formula is C11H10N2O3. The van der Waals surface area contributed by atoms with Gasteiger partial charge in [-0.1, -0.05) is 18.2 Å². The van der Waals surface area contributed by atoms with E-state index in [-0.39, 0.29) is 12.0 Å². The first kappa shape index (κ1) is 10.2. The third-order valence-corrected chi connectivity index (χ3v) is 2.13. The lowest BCUT2D eigenvalue weighted by Gasteiger charge is -2.00. The van der Waals surface area contributed by atoms with Crippen LogP contribution in [0.15, 0.2) is 41.2 Å². The van der Waals surface area contributed by atoms with Gasteiger partial charge in [-0.3, -0.25) is 14.7 Å². The van der Waals surface area contributed by atoms with Crippen LogP contribution >= 0.6 is 0 Å². The van der Waals surface area contributed by atoms with Crippen LogP contribution < -0.4 is 5.56 Å². The van der Waals surface area contributed by atoms with E-state index in [4.69, 9.17) is 5.11 Å². The molecule has 0 saturated carbocycles. The van der Waals surface area contributed by atoms with Crippen LogP contribution in [-0.2, 0) is 11.2 Å². The van der Waals surface area contributed by atoms with E-state index >= 15 is 0 Å². The molecule has 2 rings (SSSR count). The van der Waals surface area contributed by atoms with Gasteiger partial charge in [-0.2, -0.15) is 0 Å². The highest BCUT2D eigenvalue weighted by molar-refractivity contribution is 5.69. The van der Waals surface area contributed by atoms with Crippen molar-refractivity contribution in [2.24, 2.45) is 0 Å². The summed E-state index contributed by atoms with van der Waals surface area (Å²) in [6.07, 6.45) is -0.185. The lowest BCUT2D eigenvalue weighted by molar-refractivity contribution is -0.136. The van der Waals surface area contributed by atoms with Crippen molar-refractivity contribution >= 4 is 5.97 Å². The number of aromatic nitrogens is 2. The van der Waals surface area contributed by atoms with Crippen molar-refractivity contribution in [2.45, 2.75) is 6.42 Å². The fraction of sp³-hybridized carbons (Fsp3) is 0.0909. The second kappa shape index (κ2) is 4.06. The first-order valence-electron chi connectivity index (χ1n) is 4.75.